The number of anilines is 1. The van der Waals surface area contributed by atoms with Crippen molar-refractivity contribution in [1.29, 1.82) is 5.26 Å². The van der Waals surface area contributed by atoms with E-state index in [0.29, 0.717) is 12.0 Å². The zero-order chi connectivity index (χ0) is 20.1. The lowest BCUT2D eigenvalue weighted by Gasteiger charge is -2.42. The molecule has 3 rings (SSSR count). The second-order valence-corrected chi connectivity index (χ2v) is 7.32. The number of ether oxygens (including phenoxy) is 1. The maximum Gasteiger partial charge on any atom is 0.146 e. The third-order valence-corrected chi connectivity index (χ3v) is 5.35. The fourth-order valence-corrected chi connectivity index (χ4v) is 3.86. The summed E-state index contributed by atoms with van der Waals surface area (Å²) < 4.78 is 5.36. The topological polar surface area (TPSA) is 72.6 Å². The van der Waals surface area contributed by atoms with Gasteiger partial charge in [-0.3, -0.25) is 4.90 Å². The first kappa shape index (κ1) is 20.1. The number of aliphatic hydroxyl groups is 1. The minimum absolute atomic E-state index is 0.142. The van der Waals surface area contributed by atoms with E-state index in [9.17, 15) is 10.4 Å². The Kier molecular flexibility index (Phi) is 6.50. The van der Waals surface area contributed by atoms with Gasteiger partial charge in [0.05, 0.1) is 12.7 Å². The number of rotatable bonds is 6. The summed E-state index contributed by atoms with van der Waals surface area (Å²) in [5, 5.41) is 19.0. The van der Waals surface area contributed by atoms with E-state index in [4.69, 9.17) is 4.74 Å². The van der Waals surface area contributed by atoms with Gasteiger partial charge in [-0.1, -0.05) is 12.1 Å². The molecule has 148 valence electrons. The number of hydrogen-bond donors (Lipinski definition) is 1. The maximum atomic E-state index is 9.59. The van der Waals surface area contributed by atoms with Crippen LogP contribution in [0.1, 0.15) is 28.8 Å². The second-order valence-electron chi connectivity index (χ2n) is 7.32. The molecule has 6 heteroatoms. The van der Waals surface area contributed by atoms with Crippen LogP contribution in [0.4, 0.5) is 5.82 Å². The predicted octanol–water partition coefficient (Wildman–Crippen LogP) is 2.65. The number of benzene rings is 1. The van der Waals surface area contributed by atoms with Crippen LogP contribution < -0.4 is 9.64 Å². The van der Waals surface area contributed by atoms with Gasteiger partial charge < -0.3 is 14.7 Å². The number of methoxy groups -OCH3 is 1. The minimum atomic E-state index is 0.142. The largest absolute Gasteiger partial charge is 0.496 e. The van der Waals surface area contributed by atoms with Gasteiger partial charge >= 0.3 is 0 Å². The van der Waals surface area contributed by atoms with Crippen molar-refractivity contribution in [3.05, 3.63) is 52.7 Å². The number of pyridine rings is 1. The van der Waals surface area contributed by atoms with E-state index in [1.54, 1.807) is 7.11 Å². The lowest BCUT2D eigenvalue weighted by atomic mass is 10.0. The molecule has 1 aromatic heterocycles. The quantitative estimate of drug-likeness (QED) is 0.831. The number of nitriles is 1. The van der Waals surface area contributed by atoms with Crippen molar-refractivity contribution >= 4 is 5.82 Å². The summed E-state index contributed by atoms with van der Waals surface area (Å²) >= 11 is 0. The fourth-order valence-electron chi connectivity index (χ4n) is 3.86. The molecule has 2 heterocycles. The summed E-state index contributed by atoms with van der Waals surface area (Å²) in [5.74, 6) is 1.65. The first-order valence-corrected chi connectivity index (χ1v) is 9.66. The van der Waals surface area contributed by atoms with Crippen LogP contribution in [0.15, 0.2) is 30.3 Å². The van der Waals surface area contributed by atoms with Crippen LogP contribution in [0.25, 0.3) is 0 Å². The number of piperazine rings is 1. The molecule has 2 aromatic rings. The van der Waals surface area contributed by atoms with Gasteiger partial charge in [0, 0.05) is 44.5 Å². The molecule has 1 aliphatic rings. The summed E-state index contributed by atoms with van der Waals surface area (Å²) in [6.07, 6.45) is 0.694. The number of nitrogens with zero attached hydrogens (tertiary/aromatic N) is 4. The van der Waals surface area contributed by atoms with E-state index in [0.717, 1.165) is 49.0 Å². The molecule has 1 atom stereocenters. The van der Waals surface area contributed by atoms with Crippen LogP contribution in [0.2, 0.25) is 0 Å². The molecule has 0 bridgehead atoms. The lowest BCUT2D eigenvalue weighted by Crippen LogP contribution is -2.53. The highest BCUT2D eigenvalue weighted by molar-refractivity contribution is 5.54. The van der Waals surface area contributed by atoms with Gasteiger partial charge in [0.1, 0.15) is 17.6 Å². The normalized spacial score (nSPS) is 17.4. The van der Waals surface area contributed by atoms with Crippen LogP contribution in [0, 0.1) is 25.2 Å². The van der Waals surface area contributed by atoms with Crippen LogP contribution in [0.3, 0.4) is 0 Å². The van der Waals surface area contributed by atoms with Crippen molar-refractivity contribution in [2.75, 3.05) is 38.3 Å². The Morgan fingerprint density at radius 3 is 2.75 bits per heavy atom. The van der Waals surface area contributed by atoms with Gasteiger partial charge in [-0.05, 0) is 49.6 Å². The molecule has 0 radical (unpaired) electrons. The summed E-state index contributed by atoms with van der Waals surface area (Å²) in [7, 11) is 1.69. The zero-order valence-electron chi connectivity index (χ0n) is 16.9. The van der Waals surface area contributed by atoms with Crippen molar-refractivity contribution in [1.82, 2.24) is 9.88 Å². The first-order valence-electron chi connectivity index (χ1n) is 9.66. The third kappa shape index (κ3) is 4.44. The highest BCUT2D eigenvalue weighted by atomic mass is 16.5. The molecular weight excluding hydrogens is 352 g/mol. The van der Waals surface area contributed by atoms with E-state index in [1.165, 1.54) is 5.56 Å². The average Bonchev–Trinajstić information content (AvgIpc) is 2.69. The Morgan fingerprint density at radius 2 is 2.07 bits per heavy atom. The molecule has 1 fully saturated rings. The van der Waals surface area contributed by atoms with E-state index < -0.39 is 0 Å². The van der Waals surface area contributed by atoms with Gasteiger partial charge in [0.25, 0.3) is 0 Å². The third-order valence-electron chi connectivity index (χ3n) is 5.35. The Balaban J connectivity index is 1.77. The molecule has 1 aliphatic heterocycles. The van der Waals surface area contributed by atoms with E-state index in [1.807, 2.05) is 25.1 Å². The monoisotopic (exact) mass is 380 g/mol. The Bertz CT molecular complexity index is 862. The van der Waals surface area contributed by atoms with E-state index in [-0.39, 0.29) is 12.6 Å². The van der Waals surface area contributed by atoms with Gasteiger partial charge in [0.15, 0.2) is 0 Å². The standard InChI is InChI=1S/C22H28N4O2/c1-16-12-18(5-7-21(16)28-3)14-25-9-10-26(15-20(25)8-11-27)22-19(13-23)6-4-17(2)24-22/h4-7,12,20,27H,8-11,14-15H2,1-3H3. The fraction of sp³-hybridized carbons (Fsp3) is 0.455. The molecule has 1 aromatic carbocycles. The molecule has 1 unspecified atom stereocenters. The molecule has 0 amide bonds. The van der Waals surface area contributed by atoms with Crippen LogP contribution in [-0.4, -0.2) is 54.4 Å². The maximum absolute atomic E-state index is 9.59. The van der Waals surface area contributed by atoms with Gasteiger partial charge in [-0.25, -0.2) is 4.98 Å². The molecule has 0 spiro atoms. The van der Waals surface area contributed by atoms with Crippen LogP contribution >= 0.6 is 0 Å². The van der Waals surface area contributed by atoms with Gasteiger partial charge in [-0.15, -0.1) is 0 Å². The highest BCUT2D eigenvalue weighted by Gasteiger charge is 2.28. The number of aliphatic hydroxyl groups excluding tert-OH is 1. The highest BCUT2D eigenvalue weighted by Crippen LogP contribution is 2.25. The molecular formula is C22H28N4O2. The lowest BCUT2D eigenvalue weighted by molar-refractivity contribution is 0.135. The van der Waals surface area contributed by atoms with Crippen molar-refractivity contribution in [3.8, 4) is 11.8 Å². The van der Waals surface area contributed by atoms with Gasteiger partial charge in [-0.2, -0.15) is 5.26 Å². The Morgan fingerprint density at radius 1 is 1.25 bits per heavy atom. The number of aromatic nitrogens is 1. The van der Waals surface area contributed by atoms with E-state index in [2.05, 4.69) is 39.9 Å². The average molecular weight is 380 g/mol. The number of aryl methyl sites for hydroxylation is 2. The van der Waals surface area contributed by atoms with Crippen molar-refractivity contribution in [2.24, 2.45) is 0 Å². The van der Waals surface area contributed by atoms with Crippen molar-refractivity contribution in [2.45, 2.75) is 32.9 Å². The Labute approximate surface area is 167 Å². The Hall–Kier alpha value is -2.62. The summed E-state index contributed by atoms with van der Waals surface area (Å²) in [5.41, 5.74) is 3.87. The second kappa shape index (κ2) is 9.05. The van der Waals surface area contributed by atoms with Crippen LogP contribution in [-0.2, 0) is 6.54 Å². The van der Waals surface area contributed by atoms with Crippen molar-refractivity contribution in [3.63, 3.8) is 0 Å². The van der Waals surface area contributed by atoms with Crippen LogP contribution in [0.5, 0.6) is 5.75 Å². The molecule has 0 aliphatic carbocycles. The van der Waals surface area contributed by atoms with E-state index >= 15 is 0 Å². The molecule has 6 nitrogen and oxygen atoms in total. The van der Waals surface area contributed by atoms with Gasteiger partial charge in [0.2, 0.25) is 0 Å². The minimum Gasteiger partial charge on any atom is -0.496 e. The van der Waals surface area contributed by atoms with Crippen molar-refractivity contribution < 1.29 is 9.84 Å². The summed E-state index contributed by atoms with van der Waals surface area (Å²) in [4.78, 5) is 9.21. The zero-order valence-corrected chi connectivity index (χ0v) is 16.9. The summed E-state index contributed by atoms with van der Waals surface area (Å²) in [6.45, 7) is 7.38. The first-order chi connectivity index (χ1) is 13.5. The molecule has 1 saturated heterocycles. The predicted molar refractivity (Wildman–Crippen MR) is 110 cm³/mol. The molecule has 1 N–H and O–H groups in total. The molecule has 28 heavy (non-hydrogen) atoms. The summed E-state index contributed by atoms with van der Waals surface area (Å²) in [6, 6.07) is 12.4. The smallest absolute Gasteiger partial charge is 0.146 e. The molecule has 0 saturated carbocycles. The number of hydrogen-bond acceptors (Lipinski definition) is 6. The SMILES string of the molecule is COc1ccc(CN2CCN(c3nc(C)ccc3C#N)CC2CCO)cc1C.